The van der Waals surface area contributed by atoms with Crippen LogP contribution in [0.1, 0.15) is 11.1 Å². The van der Waals surface area contributed by atoms with E-state index in [-0.39, 0.29) is 11.8 Å². The summed E-state index contributed by atoms with van der Waals surface area (Å²) in [6.45, 7) is 4.41. The van der Waals surface area contributed by atoms with Crippen molar-refractivity contribution in [2.45, 2.75) is 13.8 Å². The highest BCUT2D eigenvalue weighted by molar-refractivity contribution is 5.79. The molecule has 0 aliphatic heterocycles. The van der Waals surface area contributed by atoms with Gasteiger partial charge in [0.2, 0.25) is 0 Å². The molecule has 4 aliphatic carbocycles. The maximum Gasteiger partial charge on any atom is 0.0500 e. The summed E-state index contributed by atoms with van der Waals surface area (Å²) in [4.78, 5) is 4.89. The minimum Gasteiger partial charge on any atom is -0.310 e. The predicted octanol–water partition coefficient (Wildman–Crippen LogP) is 10.6. The van der Waals surface area contributed by atoms with Crippen molar-refractivity contribution < 1.29 is 0 Å². The molecule has 212 valence electrons. The molecule has 4 aromatic rings. The second-order valence-electron chi connectivity index (χ2n) is 11.9. The fourth-order valence-corrected chi connectivity index (χ4v) is 7.25. The van der Waals surface area contributed by atoms with Crippen LogP contribution in [0, 0.1) is 25.7 Å². The SMILES string of the molecule is Cc1ccccc1N(C1=CC=C2C=CC3=C(N(c4ccccc4)c4ccccc4C)C=CC4=CC=C1C2C43)c1ccccc1. The molecule has 0 aromatic heterocycles. The van der Waals surface area contributed by atoms with Gasteiger partial charge in [-0.15, -0.1) is 0 Å². The molecule has 4 aromatic carbocycles. The van der Waals surface area contributed by atoms with Crippen molar-refractivity contribution in [3.63, 3.8) is 0 Å². The average Bonchev–Trinajstić information content (AvgIpc) is 3.07. The van der Waals surface area contributed by atoms with Gasteiger partial charge in [0.05, 0.1) is 0 Å². The highest BCUT2D eigenvalue weighted by Gasteiger charge is 2.42. The Bertz CT molecular complexity index is 1980. The van der Waals surface area contributed by atoms with E-state index in [4.69, 9.17) is 0 Å². The summed E-state index contributed by atoms with van der Waals surface area (Å²) in [5.74, 6) is 0.472. The summed E-state index contributed by atoms with van der Waals surface area (Å²) in [5.41, 5.74) is 15.2. The molecular formula is C42H34N2. The lowest BCUT2D eigenvalue weighted by atomic mass is 9.63. The topological polar surface area (TPSA) is 6.48 Å². The summed E-state index contributed by atoms with van der Waals surface area (Å²) < 4.78 is 0. The molecule has 0 radical (unpaired) electrons. The van der Waals surface area contributed by atoms with Gasteiger partial charge < -0.3 is 9.80 Å². The predicted molar refractivity (Wildman–Crippen MR) is 184 cm³/mol. The zero-order chi connectivity index (χ0) is 29.6. The van der Waals surface area contributed by atoms with Crippen LogP contribution in [-0.4, -0.2) is 0 Å². The van der Waals surface area contributed by atoms with E-state index in [1.807, 2.05) is 0 Å². The summed E-state index contributed by atoms with van der Waals surface area (Å²) in [5, 5.41) is 0. The van der Waals surface area contributed by atoms with Crippen LogP contribution in [0.2, 0.25) is 0 Å². The summed E-state index contributed by atoms with van der Waals surface area (Å²) in [6, 6.07) is 39.0. The first kappa shape index (κ1) is 26.3. The van der Waals surface area contributed by atoms with Gasteiger partial charge in [0.25, 0.3) is 0 Å². The Kier molecular flexibility index (Phi) is 6.42. The highest BCUT2D eigenvalue weighted by atomic mass is 15.2. The van der Waals surface area contributed by atoms with Crippen molar-refractivity contribution >= 4 is 22.7 Å². The Labute approximate surface area is 260 Å². The van der Waals surface area contributed by atoms with Crippen LogP contribution in [0.15, 0.2) is 191 Å². The van der Waals surface area contributed by atoms with Crippen molar-refractivity contribution in [2.24, 2.45) is 11.8 Å². The molecule has 0 bridgehead atoms. The van der Waals surface area contributed by atoms with E-state index in [0.29, 0.717) is 0 Å². The number of hydrogen-bond acceptors (Lipinski definition) is 2. The summed E-state index contributed by atoms with van der Waals surface area (Å²) >= 11 is 0. The number of anilines is 4. The largest absolute Gasteiger partial charge is 0.310 e. The third-order valence-electron chi connectivity index (χ3n) is 9.31. The number of para-hydroxylation sites is 4. The van der Waals surface area contributed by atoms with Gasteiger partial charge in [0.1, 0.15) is 0 Å². The molecule has 0 saturated heterocycles. The smallest absolute Gasteiger partial charge is 0.0500 e. The molecule has 0 spiro atoms. The van der Waals surface area contributed by atoms with Crippen LogP contribution < -0.4 is 9.80 Å². The Morgan fingerprint density at radius 2 is 0.977 bits per heavy atom. The van der Waals surface area contributed by atoms with Crippen LogP contribution in [0.5, 0.6) is 0 Å². The van der Waals surface area contributed by atoms with E-state index in [1.165, 1.54) is 67.6 Å². The molecule has 4 aliphatic rings. The molecule has 8 rings (SSSR count). The quantitative estimate of drug-likeness (QED) is 0.229. The molecule has 2 atom stereocenters. The van der Waals surface area contributed by atoms with E-state index in [9.17, 15) is 0 Å². The molecule has 0 N–H and O–H groups in total. The maximum atomic E-state index is 2.44. The number of rotatable bonds is 6. The Morgan fingerprint density at radius 1 is 0.455 bits per heavy atom. The van der Waals surface area contributed by atoms with Crippen LogP contribution in [0.25, 0.3) is 0 Å². The fraction of sp³-hybridized carbons (Fsp3) is 0.0952. The molecule has 2 nitrogen and oxygen atoms in total. The first-order chi connectivity index (χ1) is 21.7. The zero-order valence-corrected chi connectivity index (χ0v) is 25.1. The molecular weight excluding hydrogens is 532 g/mol. The van der Waals surface area contributed by atoms with Crippen LogP contribution in [0.4, 0.5) is 22.7 Å². The molecule has 44 heavy (non-hydrogen) atoms. The second-order valence-corrected chi connectivity index (χ2v) is 11.9. The van der Waals surface area contributed by atoms with E-state index >= 15 is 0 Å². The number of nitrogens with zero attached hydrogens (tertiary/aromatic N) is 2. The Balaban J connectivity index is 1.29. The lowest BCUT2D eigenvalue weighted by Crippen LogP contribution is -2.35. The van der Waals surface area contributed by atoms with Gasteiger partial charge in [0, 0.05) is 46.0 Å². The first-order valence-electron chi connectivity index (χ1n) is 15.4. The molecule has 0 fully saturated rings. The lowest BCUT2D eigenvalue weighted by Gasteiger charge is -2.45. The van der Waals surface area contributed by atoms with Gasteiger partial charge in [-0.1, -0.05) is 109 Å². The number of benzene rings is 4. The fourth-order valence-electron chi connectivity index (χ4n) is 7.25. The normalized spacial score (nSPS) is 19.4. The van der Waals surface area contributed by atoms with Gasteiger partial charge in [-0.05, 0) is 95.8 Å². The summed E-state index contributed by atoms with van der Waals surface area (Å²) in [6.07, 6.45) is 18.8. The summed E-state index contributed by atoms with van der Waals surface area (Å²) in [7, 11) is 0. The molecule has 0 amide bonds. The van der Waals surface area contributed by atoms with Crippen molar-refractivity contribution in [3.05, 3.63) is 203 Å². The molecule has 0 heterocycles. The van der Waals surface area contributed by atoms with E-state index in [2.05, 4.69) is 181 Å². The monoisotopic (exact) mass is 566 g/mol. The van der Waals surface area contributed by atoms with Crippen molar-refractivity contribution in [1.82, 2.24) is 0 Å². The highest BCUT2D eigenvalue weighted by Crippen LogP contribution is 2.54. The first-order valence-corrected chi connectivity index (χ1v) is 15.4. The van der Waals surface area contributed by atoms with Crippen molar-refractivity contribution in [1.29, 1.82) is 0 Å². The van der Waals surface area contributed by atoms with E-state index in [0.717, 1.165) is 0 Å². The van der Waals surface area contributed by atoms with Crippen molar-refractivity contribution in [3.8, 4) is 0 Å². The Hall–Kier alpha value is -5.34. The molecule has 2 heteroatoms. The minimum absolute atomic E-state index is 0.236. The van der Waals surface area contributed by atoms with Gasteiger partial charge in [-0.2, -0.15) is 0 Å². The third-order valence-corrected chi connectivity index (χ3v) is 9.31. The van der Waals surface area contributed by atoms with Crippen LogP contribution in [-0.2, 0) is 0 Å². The second kappa shape index (κ2) is 10.7. The van der Waals surface area contributed by atoms with Gasteiger partial charge in [-0.3, -0.25) is 0 Å². The third kappa shape index (κ3) is 4.26. The number of hydrogen-bond donors (Lipinski definition) is 0. The molecule has 0 saturated carbocycles. The average molecular weight is 567 g/mol. The lowest BCUT2D eigenvalue weighted by molar-refractivity contribution is 0.551. The Morgan fingerprint density at radius 3 is 1.64 bits per heavy atom. The maximum absolute atomic E-state index is 2.44. The number of aryl methyl sites for hydroxylation is 2. The van der Waals surface area contributed by atoms with Gasteiger partial charge >= 0.3 is 0 Å². The zero-order valence-electron chi connectivity index (χ0n) is 25.1. The van der Waals surface area contributed by atoms with Gasteiger partial charge in [-0.25, -0.2) is 0 Å². The number of allylic oxidation sites excluding steroid dienone is 12. The van der Waals surface area contributed by atoms with Crippen LogP contribution >= 0.6 is 0 Å². The van der Waals surface area contributed by atoms with E-state index in [1.54, 1.807) is 0 Å². The van der Waals surface area contributed by atoms with Gasteiger partial charge in [0.15, 0.2) is 0 Å². The van der Waals surface area contributed by atoms with Crippen molar-refractivity contribution in [2.75, 3.05) is 9.80 Å². The van der Waals surface area contributed by atoms with Crippen LogP contribution in [0.3, 0.4) is 0 Å². The minimum atomic E-state index is 0.236. The standard InChI is InChI=1S/C42H34N2/c1-29-13-9-11-19-37(29)43(33-15-5-3-6-16-33)39-27-23-31-22-26-36-40(28-24-32-21-25-35(39)41(31)42(32)36)44(34-17-7-4-8-18-34)38-20-12-10-14-30(38)2/h3-28,41-42H,1-2H3. The van der Waals surface area contributed by atoms with E-state index < -0.39 is 0 Å². The molecule has 2 unspecified atom stereocenters.